The Labute approximate surface area is 164 Å². The van der Waals surface area contributed by atoms with E-state index in [-0.39, 0.29) is 18.0 Å². The van der Waals surface area contributed by atoms with Gasteiger partial charge < -0.3 is 10.2 Å². The Hall–Kier alpha value is -2.59. The van der Waals surface area contributed by atoms with Crippen LogP contribution in [-0.2, 0) is 0 Å². The molecule has 0 radical (unpaired) electrons. The van der Waals surface area contributed by atoms with E-state index in [1.165, 1.54) is 28.0 Å². The minimum atomic E-state index is 0.0939. The van der Waals surface area contributed by atoms with Gasteiger partial charge in [-0.05, 0) is 62.4 Å². The van der Waals surface area contributed by atoms with E-state index in [4.69, 9.17) is 0 Å². The third-order valence-electron chi connectivity index (χ3n) is 5.18. The molecule has 0 fully saturated rings. The van der Waals surface area contributed by atoms with Crippen LogP contribution < -0.4 is 10.2 Å². The van der Waals surface area contributed by atoms with E-state index in [2.05, 4.69) is 68.6 Å². The number of carbonyl (C=O) groups excluding carboxylic acids is 1. The standard InChI is InChI=1S/C23H24N2OS/c1-15-6-9-18(10-7-15)24-20-14-17(3)25(23(26)22-5-4-12-27-22)21-11-8-16(2)13-19(20)21/h4-13,17,20,24H,14H2,1-3H3/t17-,20-/m0/s1. The zero-order valence-corrected chi connectivity index (χ0v) is 16.7. The molecule has 0 spiro atoms. The molecule has 0 saturated heterocycles. The zero-order chi connectivity index (χ0) is 19.0. The molecule has 3 nitrogen and oxygen atoms in total. The largest absolute Gasteiger partial charge is 0.378 e. The highest BCUT2D eigenvalue weighted by molar-refractivity contribution is 7.12. The molecule has 1 amide bonds. The first-order valence-corrected chi connectivity index (χ1v) is 10.2. The molecule has 4 rings (SSSR count). The van der Waals surface area contributed by atoms with Crippen LogP contribution in [0.1, 0.15) is 45.7 Å². The fourth-order valence-electron chi connectivity index (χ4n) is 3.80. The number of rotatable bonds is 3. The summed E-state index contributed by atoms with van der Waals surface area (Å²) in [6.07, 6.45) is 0.876. The maximum atomic E-state index is 13.1. The van der Waals surface area contributed by atoms with Crippen LogP contribution in [0.4, 0.5) is 11.4 Å². The first kappa shape index (κ1) is 17.8. The number of aryl methyl sites for hydroxylation is 2. The SMILES string of the molecule is Cc1ccc(N[C@H]2C[C@H](C)N(C(=O)c3cccs3)c3ccc(C)cc32)cc1. The third kappa shape index (κ3) is 3.50. The molecule has 0 unspecified atom stereocenters. The lowest BCUT2D eigenvalue weighted by Gasteiger charge is -2.40. The fourth-order valence-corrected chi connectivity index (χ4v) is 4.46. The van der Waals surface area contributed by atoms with Crippen molar-refractivity contribution in [2.75, 3.05) is 10.2 Å². The van der Waals surface area contributed by atoms with Crippen molar-refractivity contribution in [1.29, 1.82) is 0 Å². The molecule has 138 valence electrons. The molecule has 2 aromatic carbocycles. The summed E-state index contributed by atoms with van der Waals surface area (Å²) in [6, 6.07) is 19.0. The second-order valence-corrected chi connectivity index (χ2v) is 8.31. The summed E-state index contributed by atoms with van der Waals surface area (Å²) >= 11 is 1.50. The Kier molecular flexibility index (Phi) is 4.75. The molecule has 27 heavy (non-hydrogen) atoms. The van der Waals surface area contributed by atoms with Crippen molar-refractivity contribution >= 4 is 28.6 Å². The number of benzene rings is 2. The van der Waals surface area contributed by atoms with E-state index in [9.17, 15) is 4.79 Å². The maximum absolute atomic E-state index is 13.1. The summed E-state index contributed by atoms with van der Waals surface area (Å²) in [5.41, 5.74) is 5.79. The highest BCUT2D eigenvalue weighted by Crippen LogP contribution is 2.40. The average Bonchev–Trinajstić information content (AvgIpc) is 3.18. The van der Waals surface area contributed by atoms with Crippen molar-refractivity contribution in [1.82, 2.24) is 0 Å². The van der Waals surface area contributed by atoms with Gasteiger partial charge in [0.1, 0.15) is 0 Å². The number of nitrogens with one attached hydrogen (secondary N) is 1. The number of nitrogens with zero attached hydrogens (tertiary/aromatic N) is 1. The van der Waals surface area contributed by atoms with Crippen LogP contribution in [0.25, 0.3) is 0 Å². The zero-order valence-electron chi connectivity index (χ0n) is 15.9. The summed E-state index contributed by atoms with van der Waals surface area (Å²) in [4.78, 5) is 15.9. The van der Waals surface area contributed by atoms with Crippen LogP contribution in [-0.4, -0.2) is 11.9 Å². The van der Waals surface area contributed by atoms with Crippen LogP contribution >= 0.6 is 11.3 Å². The fraction of sp³-hybridized carbons (Fsp3) is 0.261. The van der Waals surface area contributed by atoms with Crippen LogP contribution in [0.2, 0.25) is 0 Å². The molecule has 2 heterocycles. The molecule has 0 bridgehead atoms. The summed E-state index contributed by atoms with van der Waals surface area (Å²) in [5.74, 6) is 0.0939. The van der Waals surface area contributed by atoms with Gasteiger partial charge in [0.2, 0.25) is 0 Å². The van der Waals surface area contributed by atoms with Crippen molar-refractivity contribution in [3.63, 3.8) is 0 Å². The Morgan fingerprint density at radius 3 is 2.52 bits per heavy atom. The van der Waals surface area contributed by atoms with E-state index in [1.807, 2.05) is 22.4 Å². The second-order valence-electron chi connectivity index (χ2n) is 7.36. The Morgan fingerprint density at radius 1 is 1.07 bits per heavy atom. The van der Waals surface area contributed by atoms with Crippen LogP contribution in [0.3, 0.4) is 0 Å². The number of amides is 1. The van der Waals surface area contributed by atoms with Crippen LogP contribution in [0, 0.1) is 13.8 Å². The summed E-state index contributed by atoms with van der Waals surface area (Å²) < 4.78 is 0. The van der Waals surface area contributed by atoms with E-state index in [1.54, 1.807) is 0 Å². The monoisotopic (exact) mass is 376 g/mol. The molecule has 3 aromatic rings. The molecule has 2 atom stereocenters. The molecular formula is C23H24N2OS. The number of carbonyl (C=O) groups is 1. The third-order valence-corrected chi connectivity index (χ3v) is 6.04. The van der Waals surface area contributed by atoms with E-state index < -0.39 is 0 Å². The van der Waals surface area contributed by atoms with Gasteiger partial charge in [-0.15, -0.1) is 11.3 Å². The normalized spacial score (nSPS) is 18.9. The lowest BCUT2D eigenvalue weighted by atomic mass is 9.90. The smallest absolute Gasteiger partial charge is 0.268 e. The van der Waals surface area contributed by atoms with Gasteiger partial charge in [-0.1, -0.05) is 41.5 Å². The lowest BCUT2D eigenvalue weighted by molar-refractivity contribution is 0.0978. The van der Waals surface area contributed by atoms with Crippen LogP contribution in [0.15, 0.2) is 60.0 Å². The minimum Gasteiger partial charge on any atom is -0.378 e. The van der Waals surface area contributed by atoms with Gasteiger partial charge in [0.15, 0.2) is 0 Å². The van der Waals surface area contributed by atoms with Gasteiger partial charge in [-0.25, -0.2) is 0 Å². The summed E-state index contributed by atoms with van der Waals surface area (Å²) in [6.45, 7) is 6.34. The minimum absolute atomic E-state index is 0.0939. The number of thiophene rings is 1. The maximum Gasteiger partial charge on any atom is 0.268 e. The first-order chi connectivity index (χ1) is 13.0. The van der Waals surface area contributed by atoms with E-state index >= 15 is 0 Å². The van der Waals surface area contributed by atoms with Gasteiger partial charge in [0.05, 0.1) is 10.9 Å². The van der Waals surface area contributed by atoms with Crippen molar-refractivity contribution in [2.24, 2.45) is 0 Å². The number of anilines is 2. The quantitative estimate of drug-likeness (QED) is 0.612. The number of hydrogen-bond donors (Lipinski definition) is 1. The Bertz CT molecular complexity index is 947. The summed E-state index contributed by atoms with van der Waals surface area (Å²) in [5, 5.41) is 5.64. The van der Waals surface area contributed by atoms with Crippen molar-refractivity contribution < 1.29 is 4.79 Å². The van der Waals surface area contributed by atoms with Crippen molar-refractivity contribution in [2.45, 2.75) is 39.3 Å². The lowest BCUT2D eigenvalue weighted by Crippen LogP contribution is -2.44. The highest BCUT2D eigenvalue weighted by Gasteiger charge is 2.34. The molecule has 4 heteroatoms. The predicted octanol–water partition coefficient (Wildman–Crippen LogP) is 5.96. The second kappa shape index (κ2) is 7.20. The molecule has 0 aliphatic carbocycles. The van der Waals surface area contributed by atoms with Gasteiger partial charge in [0.25, 0.3) is 5.91 Å². The van der Waals surface area contributed by atoms with Gasteiger partial charge >= 0.3 is 0 Å². The molecule has 1 N–H and O–H groups in total. The molecular weight excluding hydrogens is 352 g/mol. The van der Waals surface area contributed by atoms with Crippen molar-refractivity contribution in [3.8, 4) is 0 Å². The number of fused-ring (bicyclic) bond motifs is 1. The van der Waals surface area contributed by atoms with Gasteiger partial charge in [0, 0.05) is 17.4 Å². The van der Waals surface area contributed by atoms with Gasteiger partial charge in [-0.2, -0.15) is 0 Å². The Morgan fingerprint density at radius 2 is 1.81 bits per heavy atom. The van der Waals surface area contributed by atoms with Crippen LogP contribution in [0.5, 0.6) is 0 Å². The molecule has 0 saturated carbocycles. The first-order valence-electron chi connectivity index (χ1n) is 9.34. The molecule has 1 aromatic heterocycles. The van der Waals surface area contributed by atoms with E-state index in [0.717, 1.165) is 22.7 Å². The number of hydrogen-bond acceptors (Lipinski definition) is 3. The molecule has 1 aliphatic heterocycles. The highest BCUT2D eigenvalue weighted by atomic mass is 32.1. The van der Waals surface area contributed by atoms with E-state index in [0.29, 0.717) is 0 Å². The Balaban J connectivity index is 1.71. The predicted molar refractivity (Wildman–Crippen MR) is 114 cm³/mol. The molecule has 1 aliphatic rings. The van der Waals surface area contributed by atoms with Gasteiger partial charge in [-0.3, -0.25) is 4.79 Å². The average molecular weight is 377 g/mol. The topological polar surface area (TPSA) is 32.3 Å². The summed E-state index contributed by atoms with van der Waals surface area (Å²) in [7, 11) is 0. The van der Waals surface area contributed by atoms with Crippen molar-refractivity contribution in [3.05, 3.63) is 81.5 Å².